The summed E-state index contributed by atoms with van der Waals surface area (Å²) in [5.41, 5.74) is 4.14. The first kappa shape index (κ1) is 11.7. The van der Waals surface area contributed by atoms with Crippen LogP contribution in [0.25, 0.3) is 11.0 Å². The summed E-state index contributed by atoms with van der Waals surface area (Å²) < 4.78 is 0. The molecule has 0 bridgehead atoms. The highest BCUT2D eigenvalue weighted by Gasteiger charge is 2.07. The molecule has 0 radical (unpaired) electrons. The number of pyridine rings is 1. The summed E-state index contributed by atoms with van der Waals surface area (Å²) in [6.45, 7) is 4.06. The Balaban J connectivity index is 1.85. The van der Waals surface area contributed by atoms with Crippen LogP contribution in [-0.2, 0) is 0 Å². The maximum atomic E-state index is 4.40. The molecule has 2 N–H and O–H groups in total. The van der Waals surface area contributed by atoms with E-state index in [1.807, 2.05) is 43.5 Å². The number of aromatic nitrogens is 3. The molecule has 4 nitrogen and oxygen atoms in total. The van der Waals surface area contributed by atoms with Crippen LogP contribution in [0.5, 0.6) is 0 Å². The van der Waals surface area contributed by atoms with Gasteiger partial charge in [0, 0.05) is 11.9 Å². The van der Waals surface area contributed by atoms with Crippen molar-refractivity contribution in [2.75, 3.05) is 5.32 Å². The van der Waals surface area contributed by atoms with Crippen LogP contribution in [0, 0.1) is 6.92 Å². The highest BCUT2D eigenvalue weighted by molar-refractivity contribution is 5.79. The number of nitrogens with zero attached hydrogens (tertiary/aromatic N) is 2. The van der Waals surface area contributed by atoms with Crippen LogP contribution >= 0.6 is 0 Å². The number of imidazole rings is 1. The Morgan fingerprint density at radius 3 is 2.89 bits per heavy atom. The molecule has 0 aliphatic carbocycles. The minimum atomic E-state index is 0.169. The lowest BCUT2D eigenvalue weighted by Crippen LogP contribution is -2.07. The summed E-state index contributed by atoms with van der Waals surface area (Å²) in [5, 5.41) is 3.45. The first-order chi connectivity index (χ1) is 9.22. The van der Waals surface area contributed by atoms with E-state index >= 15 is 0 Å². The number of aryl methyl sites for hydroxylation is 1. The number of hydrogen-bond donors (Lipinski definition) is 2. The summed E-state index contributed by atoms with van der Waals surface area (Å²) >= 11 is 0. The van der Waals surface area contributed by atoms with Gasteiger partial charge in [-0.1, -0.05) is 6.07 Å². The van der Waals surface area contributed by atoms with Gasteiger partial charge in [0.25, 0.3) is 0 Å². The lowest BCUT2D eigenvalue weighted by atomic mass is 10.2. The van der Waals surface area contributed by atoms with Crippen LogP contribution in [0.3, 0.4) is 0 Å². The minimum absolute atomic E-state index is 0.169. The fourth-order valence-electron chi connectivity index (χ4n) is 2.18. The zero-order valence-electron chi connectivity index (χ0n) is 11.0. The van der Waals surface area contributed by atoms with Gasteiger partial charge in [0.1, 0.15) is 5.82 Å². The Morgan fingerprint density at radius 2 is 2.11 bits per heavy atom. The van der Waals surface area contributed by atoms with Crippen molar-refractivity contribution < 1.29 is 0 Å². The molecule has 3 rings (SSSR count). The topological polar surface area (TPSA) is 53.6 Å². The average molecular weight is 252 g/mol. The van der Waals surface area contributed by atoms with Crippen molar-refractivity contribution in [2.45, 2.75) is 19.9 Å². The molecule has 0 amide bonds. The van der Waals surface area contributed by atoms with Crippen molar-refractivity contribution in [1.82, 2.24) is 15.0 Å². The Kier molecular flexibility index (Phi) is 2.91. The fourth-order valence-corrected chi connectivity index (χ4v) is 2.18. The number of hydrogen-bond acceptors (Lipinski definition) is 3. The van der Waals surface area contributed by atoms with Crippen molar-refractivity contribution in [2.24, 2.45) is 0 Å². The van der Waals surface area contributed by atoms with Gasteiger partial charge in [-0.3, -0.25) is 4.98 Å². The highest BCUT2D eigenvalue weighted by atomic mass is 15.0. The molecule has 1 unspecified atom stereocenters. The summed E-state index contributed by atoms with van der Waals surface area (Å²) in [7, 11) is 0. The lowest BCUT2D eigenvalue weighted by Gasteiger charge is -2.14. The van der Waals surface area contributed by atoms with E-state index in [-0.39, 0.29) is 6.04 Å². The van der Waals surface area contributed by atoms with Gasteiger partial charge in [-0.15, -0.1) is 0 Å². The van der Waals surface area contributed by atoms with Crippen LogP contribution in [-0.4, -0.2) is 15.0 Å². The van der Waals surface area contributed by atoms with Gasteiger partial charge >= 0.3 is 0 Å². The predicted molar refractivity (Wildman–Crippen MR) is 77.1 cm³/mol. The Hall–Kier alpha value is -2.36. The molecule has 0 aliphatic heterocycles. The summed E-state index contributed by atoms with van der Waals surface area (Å²) in [4.78, 5) is 12.0. The van der Waals surface area contributed by atoms with Crippen LogP contribution < -0.4 is 5.32 Å². The van der Waals surface area contributed by atoms with E-state index in [2.05, 4.69) is 33.3 Å². The average Bonchev–Trinajstić information content (AvgIpc) is 2.79. The van der Waals surface area contributed by atoms with Crippen molar-refractivity contribution >= 4 is 16.7 Å². The molecular formula is C15H16N4. The van der Waals surface area contributed by atoms with Crippen molar-refractivity contribution in [3.05, 3.63) is 54.1 Å². The Bertz CT molecular complexity index is 688. The maximum absolute atomic E-state index is 4.40. The van der Waals surface area contributed by atoms with Crippen LogP contribution in [0.15, 0.2) is 42.6 Å². The number of aromatic amines is 1. The molecule has 2 heterocycles. The predicted octanol–water partition coefficient (Wildman–Crippen LogP) is 3.44. The second-order valence-electron chi connectivity index (χ2n) is 4.67. The van der Waals surface area contributed by atoms with Gasteiger partial charge in [-0.2, -0.15) is 0 Å². The minimum Gasteiger partial charge on any atom is -0.377 e. The molecule has 0 spiro atoms. The van der Waals surface area contributed by atoms with Crippen molar-refractivity contribution in [3.8, 4) is 0 Å². The third-order valence-corrected chi connectivity index (χ3v) is 3.11. The second kappa shape index (κ2) is 4.72. The van der Waals surface area contributed by atoms with Crippen LogP contribution in [0.4, 0.5) is 5.69 Å². The van der Waals surface area contributed by atoms with E-state index < -0.39 is 0 Å². The van der Waals surface area contributed by atoms with Gasteiger partial charge in [-0.05, 0) is 44.2 Å². The zero-order chi connectivity index (χ0) is 13.2. The summed E-state index contributed by atoms with van der Waals surface area (Å²) in [6.07, 6.45) is 1.81. The lowest BCUT2D eigenvalue weighted by molar-refractivity contribution is 0.840. The smallest absolute Gasteiger partial charge is 0.104 e. The number of H-pyrrole nitrogens is 1. The van der Waals surface area contributed by atoms with Gasteiger partial charge in [0.15, 0.2) is 0 Å². The van der Waals surface area contributed by atoms with Crippen molar-refractivity contribution in [1.29, 1.82) is 0 Å². The molecule has 0 saturated heterocycles. The SMILES string of the molecule is Cc1nc2ccc(NC(C)c3ccccn3)cc2[nH]1. The Morgan fingerprint density at radius 1 is 1.21 bits per heavy atom. The largest absolute Gasteiger partial charge is 0.377 e. The van der Waals surface area contributed by atoms with Gasteiger partial charge in [0.05, 0.1) is 22.8 Å². The molecule has 3 aromatic rings. The first-order valence-corrected chi connectivity index (χ1v) is 6.36. The number of fused-ring (bicyclic) bond motifs is 1. The first-order valence-electron chi connectivity index (χ1n) is 6.36. The summed E-state index contributed by atoms with van der Waals surface area (Å²) in [5.74, 6) is 0.935. The van der Waals surface area contributed by atoms with E-state index in [0.717, 1.165) is 28.2 Å². The van der Waals surface area contributed by atoms with Crippen LogP contribution in [0.2, 0.25) is 0 Å². The van der Waals surface area contributed by atoms with E-state index in [9.17, 15) is 0 Å². The third kappa shape index (κ3) is 2.42. The number of nitrogens with one attached hydrogen (secondary N) is 2. The monoisotopic (exact) mass is 252 g/mol. The fraction of sp³-hybridized carbons (Fsp3) is 0.200. The molecule has 1 atom stereocenters. The number of rotatable bonds is 3. The normalized spacial score (nSPS) is 12.5. The molecular weight excluding hydrogens is 236 g/mol. The third-order valence-electron chi connectivity index (χ3n) is 3.11. The molecule has 0 saturated carbocycles. The van der Waals surface area contributed by atoms with Gasteiger partial charge in [-0.25, -0.2) is 4.98 Å². The maximum Gasteiger partial charge on any atom is 0.104 e. The highest BCUT2D eigenvalue weighted by Crippen LogP contribution is 2.21. The quantitative estimate of drug-likeness (QED) is 0.750. The van der Waals surface area contributed by atoms with Crippen LogP contribution in [0.1, 0.15) is 24.5 Å². The van der Waals surface area contributed by atoms with Gasteiger partial charge in [0.2, 0.25) is 0 Å². The van der Waals surface area contributed by atoms with Crippen molar-refractivity contribution in [3.63, 3.8) is 0 Å². The molecule has 19 heavy (non-hydrogen) atoms. The van der Waals surface area contributed by atoms with E-state index in [0.29, 0.717) is 0 Å². The summed E-state index contributed by atoms with van der Waals surface area (Å²) in [6, 6.07) is 12.3. The number of anilines is 1. The Labute approximate surface area is 111 Å². The zero-order valence-corrected chi connectivity index (χ0v) is 11.0. The standard InChI is InChI=1S/C15H16N4/c1-10(13-5-3-4-8-16-13)17-12-6-7-14-15(9-12)19-11(2)18-14/h3-10,17H,1-2H3,(H,18,19). The number of benzene rings is 1. The molecule has 0 aliphatic rings. The molecule has 4 heteroatoms. The van der Waals surface area contributed by atoms with E-state index in [4.69, 9.17) is 0 Å². The second-order valence-corrected chi connectivity index (χ2v) is 4.67. The molecule has 1 aromatic carbocycles. The molecule has 2 aromatic heterocycles. The molecule has 0 fully saturated rings. The molecule has 96 valence electrons. The van der Waals surface area contributed by atoms with E-state index in [1.54, 1.807) is 0 Å². The van der Waals surface area contributed by atoms with E-state index in [1.165, 1.54) is 0 Å². The van der Waals surface area contributed by atoms with Gasteiger partial charge < -0.3 is 10.3 Å².